The van der Waals surface area contributed by atoms with E-state index in [1.54, 1.807) is 49.6 Å². The highest BCUT2D eigenvalue weighted by Gasteiger charge is 2.15. The molecule has 216 valence electrons. The van der Waals surface area contributed by atoms with Gasteiger partial charge in [-0.05, 0) is 72.5 Å². The predicted octanol–water partition coefficient (Wildman–Crippen LogP) is 4.81. The number of nitrogens with two attached hydrogens (primary N) is 2. The molecule has 4 aromatic rings. The van der Waals surface area contributed by atoms with E-state index in [-0.39, 0.29) is 4.90 Å². The van der Waals surface area contributed by atoms with E-state index in [0.717, 1.165) is 22.4 Å². The molecule has 4 aromatic carbocycles. The van der Waals surface area contributed by atoms with Gasteiger partial charge in [-0.15, -0.1) is 0 Å². The lowest BCUT2D eigenvalue weighted by Gasteiger charge is -2.10. The lowest BCUT2D eigenvalue weighted by atomic mass is 10.1. The predicted molar refractivity (Wildman–Crippen MR) is 167 cm³/mol. The number of benzene rings is 4. The SMILES string of the molecule is COc1ccc(C(=S)N=C(N)c2cccc(CCCNC(=O)Oc3ccc(-c4ccccc4S(N)(=O)=O)cc3)c2)cc1. The number of amides is 1. The number of hydrogen-bond donors (Lipinski definition) is 3. The van der Waals surface area contributed by atoms with Crippen LogP contribution in [0.3, 0.4) is 0 Å². The maximum absolute atomic E-state index is 12.3. The lowest BCUT2D eigenvalue weighted by Crippen LogP contribution is -2.28. The summed E-state index contributed by atoms with van der Waals surface area (Å²) in [5, 5.41) is 8.06. The number of carbonyl (C=O) groups excluding carboxylic acids is 1. The number of methoxy groups -OCH3 is 1. The Morgan fingerprint density at radius 1 is 0.905 bits per heavy atom. The number of aryl methyl sites for hydroxylation is 1. The van der Waals surface area contributed by atoms with Crippen molar-refractivity contribution < 1.29 is 22.7 Å². The number of thiocarbonyl (C=S) groups is 1. The van der Waals surface area contributed by atoms with Crippen LogP contribution in [0.1, 0.15) is 23.1 Å². The molecule has 11 heteroatoms. The van der Waals surface area contributed by atoms with Crippen molar-refractivity contribution in [1.29, 1.82) is 0 Å². The van der Waals surface area contributed by atoms with E-state index in [0.29, 0.717) is 47.1 Å². The number of primary sulfonamides is 1. The van der Waals surface area contributed by atoms with Crippen LogP contribution in [0.2, 0.25) is 0 Å². The average Bonchev–Trinajstić information content (AvgIpc) is 2.99. The number of nitrogens with zero attached hydrogens (tertiary/aromatic N) is 1. The van der Waals surface area contributed by atoms with Gasteiger partial charge >= 0.3 is 6.09 Å². The molecule has 0 saturated carbocycles. The number of nitrogens with one attached hydrogen (secondary N) is 1. The van der Waals surface area contributed by atoms with Crippen molar-refractivity contribution in [2.75, 3.05) is 13.7 Å². The Bertz CT molecular complexity index is 1700. The fourth-order valence-corrected chi connectivity index (χ4v) is 5.14. The van der Waals surface area contributed by atoms with Crippen molar-refractivity contribution in [1.82, 2.24) is 5.32 Å². The third-order valence-corrected chi connectivity index (χ3v) is 7.56. The van der Waals surface area contributed by atoms with Crippen molar-refractivity contribution in [3.05, 3.63) is 114 Å². The van der Waals surface area contributed by atoms with Crippen molar-refractivity contribution in [2.45, 2.75) is 17.7 Å². The summed E-state index contributed by atoms with van der Waals surface area (Å²) < 4.78 is 34.3. The second-order valence-electron chi connectivity index (χ2n) is 9.22. The largest absolute Gasteiger partial charge is 0.497 e. The summed E-state index contributed by atoms with van der Waals surface area (Å²) in [6.07, 6.45) is 0.774. The highest BCUT2D eigenvalue weighted by Crippen LogP contribution is 2.28. The van der Waals surface area contributed by atoms with Gasteiger partial charge in [-0.2, -0.15) is 0 Å². The Hall–Kier alpha value is -4.58. The fraction of sp³-hybridized carbons (Fsp3) is 0.129. The lowest BCUT2D eigenvalue weighted by molar-refractivity contribution is 0.200. The first-order valence-corrected chi connectivity index (χ1v) is 14.9. The van der Waals surface area contributed by atoms with Crippen LogP contribution in [0.4, 0.5) is 4.79 Å². The molecule has 0 atom stereocenters. The monoisotopic (exact) mass is 602 g/mol. The Labute approximate surface area is 250 Å². The molecule has 0 aliphatic heterocycles. The van der Waals surface area contributed by atoms with Gasteiger partial charge < -0.3 is 20.5 Å². The second-order valence-corrected chi connectivity index (χ2v) is 11.1. The molecular weight excluding hydrogens is 572 g/mol. The number of rotatable bonds is 10. The zero-order chi connectivity index (χ0) is 30.1. The molecule has 0 saturated heterocycles. The molecule has 1 amide bonds. The summed E-state index contributed by atoms with van der Waals surface area (Å²) in [5.74, 6) is 1.37. The highest BCUT2D eigenvalue weighted by molar-refractivity contribution is 7.89. The first-order chi connectivity index (χ1) is 20.1. The van der Waals surface area contributed by atoms with Crippen LogP contribution in [0, 0.1) is 0 Å². The summed E-state index contributed by atoms with van der Waals surface area (Å²) in [4.78, 5) is 17.1. The van der Waals surface area contributed by atoms with Gasteiger partial charge in [0.15, 0.2) is 0 Å². The molecule has 0 aromatic heterocycles. The van der Waals surface area contributed by atoms with E-state index < -0.39 is 16.1 Å². The van der Waals surface area contributed by atoms with Gasteiger partial charge in [0.05, 0.1) is 12.0 Å². The smallest absolute Gasteiger partial charge is 0.412 e. The minimum Gasteiger partial charge on any atom is -0.497 e. The average molecular weight is 603 g/mol. The topological polar surface area (TPSA) is 146 Å². The van der Waals surface area contributed by atoms with Gasteiger partial charge in [0.1, 0.15) is 22.3 Å². The minimum absolute atomic E-state index is 0.0222. The fourth-order valence-electron chi connectivity index (χ4n) is 4.14. The second kappa shape index (κ2) is 13.9. The molecule has 42 heavy (non-hydrogen) atoms. The van der Waals surface area contributed by atoms with Crippen LogP contribution in [0.15, 0.2) is 107 Å². The Balaban J connectivity index is 1.27. The van der Waals surface area contributed by atoms with E-state index in [1.807, 2.05) is 48.5 Å². The van der Waals surface area contributed by atoms with Crippen molar-refractivity contribution >= 4 is 39.2 Å². The third-order valence-electron chi connectivity index (χ3n) is 6.26. The molecule has 4 rings (SSSR count). The summed E-state index contributed by atoms with van der Waals surface area (Å²) in [6, 6.07) is 27.9. The molecule has 0 aliphatic carbocycles. The highest BCUT2D eigenvalue weighted by atomic mass is 32.2. The number of amidine groups is 1. The van der Waals surface area contributed by atoms with Crippen molar-refractivity contribution in [3.8, 4) is 22.6 Å². The molecule has 0 heterocycles. The number of sulfonamides is 1. The van der Waals surface area contributed by atoms with Gasteiger partial charge in [-0.25, -0.2) is 23.3 Å². The van der Waals surface area contributed by atoms with E-state index in [2.05, 4.69) is 10.3 Å². The van der Waals surface area contributed by atoms with Crippen molar-refractivity contribution in [3.63, 3.8) is 0 Å². The molecular formula is C31H30N4O5S2. The minimum atomic E-state index is -3.88. The first-order valence-electron chi connectivity index (χ1n) is 12.9. The Kier molecular flexibility index (Phi) is 10.0. The van der Waals surface area contributed by atoms with Crippen LogP contribution in [0.5, 0.6) is 11.5 Å². The summed E-state index contributed by atoms with van der Waals surface area (Å²) in [5.41, 5.74) is 9.88. The number of hydrogen-bond acceptors (Lipinski definition) is 6. The molecule has 5 N–H and O–H groups in total. The zero-order valence-electron chi connectivity index (χ0n) is 22.8. The van der Waals surface area contributed by atoms with Gasteiger partial charge in [-0.3, -0.25) is 0 Å². The number of carbonyl (C=O) groups is 1. The Morgan fingerprint density at radius 3 is 2.29 bits per heavy atom. The summed E-state index contributed by atoms with van der Waals surface area (Å²) >= 11 is 5.43. The van der Waals surface area contributed by atoms with E-state index in [1.165, 1.54) is 6.07 Å². The molecule has 0 spiro atoms. The summed E-state index contributed by atoms with van der Waals surface area (Å²) in [7, 11) is -2.28. The van der Waals surface area contributed by atoms with Gasteiger partial charge in [0.2, 0.25) is 10.0 Å². The normalized spacial score (nSPS) is 11.5. The van der Waals surface area contributed by atoms with Gasteiger partial charge in [0.25, 0.3) is 0 Å². The van der Waals surface area contributed by atoms with E-state index >= 15 is 0 Å². The van der Waals surface area contributed by atoms with Crippen LogP contribution >= 0.6 is 12.2 Å². The number of ether oxygens (including phenoxy) is 2. The van der Waals surface area contributed by atoms with Gasteiger partial charge in [-0.1, -0.05) is 60.7 Å². The van der Waals surface area contributed by atoms with Crippen LogP contribution in [-0.4, -0.2) is 39.0 Å². The molecule has 0 unspecified atom stereocenters. The molecule has 0 bridgehead atoms. The third kappa shape index (κ3) is 8.23. The standard InChI is InChI=1S/C31H30N4O5S2/c1-39-25-15-13-23(14-16-25)30(41)35-29(32)24-8-4-6-21(20-24)7-5-19-34-31(36)40-26-17-11-22(12-18-26)27-9-2-3-10-28(27)42(33,37)38/h2-4,6,8-18,20H,5,7,19H2,1H3,(H,34,36)(H2,32,35,41)(H2,33,37,38). The quantitative estimate of drug-likeness (QED) is 0.102. The molecule has 0 aliphatic rings. The zero-order valence-corrected chi connectivity index (χ0v) is 24.5. The van der Waals surface area contributed by atoms with Crippen LogP contribution < -0.4 is 25.7 Å². The van der Waals surface area contributed by atoms with Crippen LogP contribution in [0.25, 0.3) is 11.1 Å². The summed E-state index contributed by atoms with van der Waals surface area (Å²) in [6.45, 7) is 0.397. The molecule has 0 fully saturated rings. The number of aliphatic imine (C=N–C) groups is 1. The maximum Gasteiger partial charge on any atom is 0.412 e. The maximum atomic E-state index is 12.3. The van der Waals surface area contributed by atoms with Gasteiger partial charge in [0, 0.05) is 23.2 Å². The van der Waals surface area contributed by atoms with E-state index in [4.69, 9.17) is 32.6 Å². The first kappa shape index (κ1) is 30.4. The van der Waals surface area contributed by atoms with Crippen molar-refractivity contribution in [2.24, 2.45) is 15.9 Å². The Morgan fingerprint density at radius 2 is 1.60 bits per heavy atom. The van der Waals surface area contributed by atoms with Crippen LogP contribution in [-0.2, 0) is 16.4 Å². The van der Waals surface area contributed by atoms with E-state index in [9.17, 15) is 13.2 Å². The molecule has 0 radical (unpaired) electrons. The molecule has 9 nitrogen and oxygen atoms in total.